The number of benzene rings is 1. The zero-order valence-corrected chi connectivity index (χ0v) is 13.7. The fourth-order valence-corrected chi connectivity index (χ4v) is 3.36. The highest BCUT2D eigenvalue weighted by molar-refractivity contribution is 5.91. The lowest BCUT2D eigenvalue weighted by atomic mass is 9.94. The lowest BCUT2D eigenvalue weighted by Gasteiger charge is -2.36. The van der Waals surface area contributed by atoms with Crippen molar-refractivity contribution in [2.24, 2.45) is 0 Å². The number of hydrogen-bond acceptors (Lipinski definition) is 3. The lowest BCUT2D eigenvalue weighted by molar-refractivity contribution is -0.184. The minimum Gasteiger partial charge on any atom is -0.353 e. The zero-order valence-electron chi connectivity index (χ0n) is 13.7. The molecule has 2 fully saturated rings. The van der Waals surface area contributed by atoms with Crippen molar-refractivity contribution in [2.75, 3.05) is 32.7 Å². The third-order valence-corrected chi connectivity index (χ3v) is 4.99. The van der Waals surface area contributed by atoms with Crippen molar-refractivity contribution in [1.82, 2.24) is 15.5 Å². The van der Waals surface area contributed by atoms with Gasteiger partial charge in [0.2, 0.25) is 5.91 Å². The van der Waals surface area contributed by atoms with Crippen LogP contribution in [0.4, 0.5) is 17.6 Å². The molecule has 2 aliphatic rings. The lowest BCUT2D eigenvalue weighted by Crippen LogP contribution is -2.58. The number of nitrogens with one attached hydrogen (secondary N) is 2. The first kappa shape index (κ1) is 18.1. The summed E-state index contributed by atoms with van der Waals surface area (Å²) in [4.78, 5) is 13.9. The van der Waals surface area contributed by atoms with Crippen LogP contribution in [-0.2, 0) is 10.2 Å². The first-order chi connectivity index (χ1) is 11.8. The molecule has 1 aromatic carbocycles. The third kappa shape index (κ3) is 3.95. The van der Waals surface area contributed by atoms with Crippen molar-refractivity contribution < 1.29 is 22.4 Å². The summed E-state index contributed by atoms with van der Waals surface area (Å²) in [6, 6.07) is 4.01. The molecule has 0 bridgehead atoms. The third-order valence-electron chi connectivity index (χ3n) is 4.99. The highest BCUT2D eigenvalue weighted by atomic mass is 19.4. The minimum absolute atomic E-state index is 0.287. The van der Waals surface area contributed by atoms with E-state index in [0.717, 1.165) is 0 Å². The molecule has 0 spiro atoms. The normalized spacial score (nSPS) is 21.6. The predicted molar refractivity (Wildman–Crippen MR) is 84.6 cm³/mol. The van der Waals surface area contributed by atoms with Crippen molar-refractivity contribution in [3.63, 3.8) is 0 Å². The van der Waals surface area contributed by atoms with E-state index >= 15 is 0 Å². The van der Waals surface area contributed by atoms with Crippen molar-refractivity contribution in [2.45, 2.75) is 30.5 Å². The fourth-order valence-electron chi connectivity index (χ4n) is 3.36. The average molecular weight is 359 g/mol. The van der Waals surface area contributed by atoms with Gasteiger partial charge in [0.15, 0.2) is 0 Å². The van der Waals surface area contributed by atoms with Gasteiger partial charge in [-0.25, -0.2) is 4.39 Å². The quantitative estimate of drug-likeness (QED) is 0.789. The average Bonchev–Trinajstić information content (AvgIpc) is 3.36. The summed E-state index contributed by atoms with van der Waals surface area (Å²) in [6.07, 6.45) is -3.38. The second kappa shape index (κ2) is 6.92. The maximum atomic E-state index is 13.4. The molecule has 3 rings (SSSR count). The van der Waals surface area contributed by atoms with Crippen molar-refractivity contribution >= 4 is 5.91 Å². The Kier molecular flexibility index (Phi) is 5.02. The Labute approximate surface area is 143 Å². The van der Waals surface area contributed by atoms with E-state index in [9.17, 15) is 22.4 Å². The number of hydrogen-bond donors (Lipinski definition) is 2. The van der Waals surface area contributed by atoms with Crippen LogP contribution in [0.3, 0.4) is 0 Å². The summed E-state index contributed by atoms with van der Waals surface area (Å²) in [6.45, 7) is 1.07. The molecular formula is C17H21F4N3O. The molecule has 1 saturated carbocycles. The summed E-state index contributed by atoms with van der Waals surface area (Å²) >= 11 is 0. The zero-order chi connectivity index (χ0) is 18.1. The molecule has 1 atom stereocenters. The number of carbonyl (C=O) groups is 1. The SMILES string of the molecule is O=C(NCC(N1CCNCC1)C(F)(F)F)C1(c2cccc(F)c2)CC1. The summed E-state index contributed by atoms with van der Waals surface area (Å²) < 4.78 is 53.5. The van der Waals surface area contributed by atoms with E-state index in [2.05, 4.69) is 10.6 Å². The van der Waals surface area contributed by atoms with Crippen LogP contribution < -0.4 is 10.6 Å². The molecule has 1 aliphatic heterocycles. The highest BCUT2D eigenvalue weighted by Gasteiger charge is 2.52. The van der Waals surface area contributed by atoms with Gasteiger partial charge in [0, 0.05) is 32.7 Å². The van der Waals surface area contributed by atoms with Crippen molar-refractivity contribution in [3.8, 4) is 0 Å². The molecule has 1 aromatic rings. The molecule has 1 saturated heterocycles. The number of amides is 1. The van der Waals surface area contributed by atoms with Crippen LogP contribution in [0.5, 0.6) is 0 Å². The first-order valence-corrected chi connectivity index (χ1v) is 8.39. The van der Waals surface area contributed by atoms with Crippen LogP contribution in [0.15, 0.2) is 24.3 Å². The molecule has 0 aromatic heterocycles. The van der Waals surface area contributed by atoms with Gasteiger partial charge in [-0.3, -0.25) is 9.69 Å². The molecule has 4 nitrogen and oxygen atoms in total. The number of piperazine rings is 1. The summed E-state index contributed by atoms with van der Waals surface area (Å²) in [5, 5.41) is 5.48. The Morgan fingerprint density at radius 3 is 2.52 bits per heavy atom. The maximum Gasteiger partial charge on any atom is 0.405 e. The summed E-state index contributed by atoms with van der Waals surface area (Å²) in [7, 11) is 0. The van der Waals surface area contributed by atoms with E-state index in [1.165, 1.54) is 23.1 Å². The second-order valence-corrected chi connectivity index (χ2v) is 6.65. The number of nitrogens with zero attached hydrogens (tertiary/aromatic N) is 1. The van der Waals surface area contributed by atoms with Gasteiger partial charge in [0.05, 0.1) is 5.41 Å². The van der Waals surface area contributed by atoms with E-state index in [1.807, 2.05) is 0 Å². The predicted octanol–water partition coefficient (Wildman–Crippen LogP) is 1.81. The Bertz CT molecular complexity index is 625. The van der Waals surface area contributed by atoms with E-state index in [-0.39, 0.29) is 13.1 Å². The minimum atomic E-state index is -4.42. The summed E-state index contributed by atoms with van der Waals surface area (Å²) in [5.74, 6) is -0.909. The van der Waals surface area contributed by atoms with E-state index in [4.69, 9.17) is 0 Å². The van der Waals surface area contributed by atoms with E-state index in [0.29, 0.717) is 31.5 Å². The van der Waals surface area contributed by atoms with Crippen molar-refractivity contribution in [3.05, 3.63) is 35.6 Å². The largest absolute Gasteiger partial charge is 0.405 e. The molecule has 0 radical (unpaired) electrons. The number of rotatable bonds is 5. The monoisotopic (exact) mass is 359 g/mol. The number of alkyl halides is 3. The Morgan fingerprint density at radius 2 is 1.96 bits per heavy atom. The molecule has 1 unspecified atom stereocenters. The van der Waals surface area contributed by atoms with Gasteiger partial charge in [0.1, 0.15) is 11.9 Å². The van der Waals surface area contributed by atoms with Crippen LogP contribution in [-0.4, -0.2) is 55.7 Å². The molecule has 138 valence electrons. The van der Waals surface area contributed by atoms with Gasteiger partial charge in [0.25, 0.3) is 0 Å². The van der Waals surface area contributed by atoms with Gasteiger partial charge >= 0.3 is 6.18 Å². The van der Waals surface area contributed by atoms with Crippen LogP contribution in [0, 0.1) is 5.82 Å². The van der Waals surface area contributed by atoms with Gasteiger partial charge in [-0.15, -0.1) is 0 Å². The van der Waals surface area contributed by atoms with Gasteiger partial charge < -0.3 is 10.6 Å². The van der Waals surface area contributed by atoms with E-state index in [1.54, 1.807) is 6.07 Å². The Morgan fingerprint density at radius 1 is 1.28 bits per heavy atom. The van der Waals surface area contributed by atoms with Crippen LogP contribution in [0.25, 0.3) is 0 Å². The fraction of sp³-hybridized carbons (Fsp3) is 0.588. The number of halogens is 4. The molecule has 8 heteroatoms. The molecule has 1 heterocycles. The first-order valence-electron chi connectivity index (χ1n) is 8.39. The van der Waals surface area contributed by atoms with Crippen LogP contribution in [0.2, 0.25) is 0 Å². The van der Waals surface area contributed by atoms with Gasteiger partial charge in [-0.1, -0.05) is 12.1 Å². The molecule has 25 heavy (non-hydrogen) atoms. The van der Waals surface area contributed by atoms with Gasteiger partial charge in [-0.05, 0) is 30.5 Å². The molecular weight excluding hydrogens is 338 g/mol. The van der Waals surface area contributed by atoms with Gasteiger partial charge in [-0.2, -0.15) is 13.2 Å². The molecule has 1 aliphatic carbocycles. The van der Waals surface area contributed by atoms with Crippen LogP contribution in [0.1, 0.15) is 18.4 Å². The topological polar surface area (TPSA) is 44.4 Å². The van der Waals surface area contributed by atoms with Crippen molar-refractivity contribution in [1.29, 1.82) is 0 Å². The number of carbonyl (C=O) groups excluding carboxylic acids is 1. The maximum absolute atomic E-state index is 13.4. The Hall–Kier alpha value is -1.67. The molecule has 2 N–H and O–H groups in total. The summed E-state index contributed by atoms with van der Waals surface area (Å²) in [5.41, 5.74) is -0.363. The highest BCUT2D eigenvalue weighted by Crippen LogP contribution is 2.48. The van der Waals surface area contributed by atoms with Crippen LogP contribution >= 0.6 is 0 Å². The second-order valence-electron chi connectivity index (χ2n) is 6.65. The van der Waals surface area contributed by atoms with E-state index < -0.39 is 35.9 Å². The standard InChI is InChI=1S/C17H21F4N3O/c18-13-3-1-2-12(10-13)16(4-5-16)15(25)23-11-14(17(19,20)21)24-8-6-22-7-9-24/h1-3,10,14,22H,4-9,11H2,(H,23,25). The Balaban J connectivity index is 1.67. The smallest absolute Gasteiger partial charge is 0.353 e. The molecule has 1 amide bonds.